The molecule has 0 aromatic carbocycles. The summed E-state index contributed by atoms with van der Waals surface area (Å²) < 4.78 is 8.70. The van der Waals surface area contributed by atoms with E-state index in [9.17, 15) is 5.11 Å². The molecule has 8 heteroatoms. The number of aliphatic hydroxyl groups excluding tert-OH is 2. The normalized spacial score (nSPS) is 13.8. The molecule has 1 atom stereocenters. The van der Waals surface area contributed by atoms with Crippen LogP contribution in [0.5, 0.6) is 0 Å². The molecule has 0 saturated heterocycles. The lowest BCUT2D eigenvalue weighted by Crippen LogP contribution is -2.50. The van der Waals surface area contributed by atoms with Crippen molar-refractivity contribution in [3.05, 3.63) is 0 Å². The maximum Gasteiger partial charge on any atom is 0.692 e. The van der Waals surface area contributed by atoms with Gasteiger partial charge in [0.2, 0.25) is 0 Å². The predicted molar refractivity (Wildman–Crippen MR) is 67.9 cm³/mol. The summed E-state index contributed by atoms with van der Waals surface area (Å²) in [6, 6.07) is 0. The minimum Gasteiger partial charge on any atom is -0.395 e. The van der Waals surface area contributed by atoms with Gasteiger partial charge in [-0.2, -0.15) is 0 Å². The molecule has 0 spiro atoms. The first-order chi connectivity index (χ1) is 8.37. The van der Waals surface area contributed by atoms with E-state index < -0.39 is 14.0 Å². The van der Waals surface area contributed by atoms with Crippen molar-refractivity contribution in [2.75, 3.05) is 26.3 Å². The zero-order chi connectivity index (χ0) is 14.6. The summed E-state index contributed by atoms with van der Waals surface area (Å²) in [6.07, 6.45) is 2.17. The van der Waals surface area contributed by atoms with Gasteiger partial charge in [0.1, 0.15) is 5.72 Å². The van der Waals surface area contributed by atoms with Crippen LogP contribution < -0.4 is 0 Å². The van der Waals surface area contributed by atoms with E-state index in [2.05, 4.69) is 0 Å². The molecule has 0 bridgehead atoms. The molecule has 0 radical (unpaired) electrons. The summed E-state index contributed by atoms with van der Waals surface area (Å²) in [6.45, 7) is 4.75. The van der Waals surface area contributed by atoms with Gasteiger partial charge in [-0.15, -0.1) is 9.79 Å². The lowest BCUT2D eigenvalue weighted by molar-refractivity contribution is -0.125. The topological polar surface area (TPSA) is 121 Å². The molecule has 0 saturated carbocycles. The van der Waals surface area contributed by atoms with Gasteiger partial charge in [0.15, 0.2) is 0 Å². The highest BCUT2D eigenvalue weighted by Crippen LogP contribution is 2.21. The van der Waals surface area contributed by atoms with Crippen LogP contribution in [0.3, 0.4) is 0 Å². The highest BCUT2D eigenvalue weighted by Gasteiger charge is 2.30. The summed E-state index contributed by atoms with van der Waals surface area (Å²) >= 11 is 0. The lowest BCUT2D eigenvalue weighted by Gasteiger charge is -2.38. The van der Waals surface area contributed by atoms with Gasteiger partial charge in [0, 0.05) is 17.7 Å². The third-order valence-corrected chi connectivity index (χ3v) is 2.55. The van der Waals surface area contributed by atoms with Crippen LogP contribution in [-0.4, -0.2) is 62.0 Å². The lowest BCUT2D eigenvalue weighted by atomic mass is 10.0. The van der Waals surface area contributed by atoms with Gasteiger partial charge in [-0.05, 0) is 12.8 Å². The first kappa shape index (κ1) is 20.2. The second kappa shape index (κ2) is 11.9. The van der Waals surface area contributed by atoms with E-state index in [1.807, 2.05) is 13.8 Å². The molecule has 110 valence electrons. The van der Waals surface area contributed by atoms with E-state index in [0.717, 1.165) is 6.42 Å². The smallest absolute Gasteiger partial charge is 0.395 e. The first-order valence-corrected chi connectivity index (χ1v) is 7.08. The van der Waals surface area contributed by atoms with Crippen molar-refractivity contribution >= 4 is 8.25 Å². The quantitative estimate of drug-likeness (QED) is 0.309. The fourth-order valence-electron chi connectivity index (χ4n) is 1.73. The van der Waals surface area contributed by atoms with E-state index in [0.29, 0.717) is 25.9 Å². The van der Waals surface area contributed by atoms with Crippen LogP contribution in [0.4, 0.5) is 0 Å². The Hall–Kier alpha value is -0.140. The molecule has 0 aromatic rings. The minimum absolute atomic E-state index is 0.00598. The highest BCUT2D eigenvalue weighted by molar-refractivity contribution is 7.30. The Morgan fingerprint density at radius 2 is 1.50 bits per heavy atom. The van der Waals surface area contributed by atoms with Crippen molar-refractivity contribution < 1.29 is 29.7 Å². The fourth-order valence-corrected chi connectivity index (χ4v) is 1.73. The molecule has 0 heterocycles. The Morgan fingerprint density at radius 3 is 1.72 bits per heavy atom. The van der Waals surface area contributed by atoms with Gasteiger partial charge in [-0.25, -0.2) is 0 Å². The molecule has 1 unspecified atom stereocenters. The largest absolute Gasteiger partial charge is 0.692 e. The van der Waals surface area contributed by atoms with Crippen LogP contribution >= 0.6 is 8.25 Å². The molecule has 18 heavy (non-hydrogen) atoms. The number of rotatable bonds is 8. The van der Waals surface area contributed by atoms with Gasteiger partial charge >= 0.3 is 8.25 Å². The molecular weight excluding hydrogens is 261 g/mol. The average Bonchev–Trinajstić information content (AvgIpc) is 2.28. The van der Waals surface area contributed by atoms with Crippen molar-refractivity contribution in [2.45, 2.75) is 38.8 Å². The zero-order valence-corrected chi connectivity index (χ0v) is 11.9. The number of nitrogens with zero attached hydrogens (tertiary/aromatic N) is 1. The van der Waals surface area contributed by atoms with E-state index >= 15 is 0 Å². The molecule has 7 nitrogen and oxygen atoms in total. The first-order valence-electron chi connectivity index (χ1n) is 5.92. The maximum atomic E-state index is 10.2. The minimum atomic E-state index is -2.87. The molecule has 0 aliphatic heterocycles. The second-order valence-electron chi connectivity index (χ2n) is 3.77. The Balaban J connectivity index is 0. The summed E-state index contributed by atoms with van der Waals surface area (Å²) in [5.74, 6) is 0. The van der Waals surface area contributed by atoms with Gasteiger partial charge in [-0.1, -0.05) is 20.3 Å². The maximum absolute atomic E-state index is 10.2. The van der Waals surface area contributed by atoms with Crippen molar-refractivity contribution in [2.24, 2.45) is 0 Å². The van der Waals surface area contributed by atoms with Crippen molar-refractivity contribution in [1.29, 1.82) is 0 Å². The Labute approximate surface area is 109 Å². The SMILES string of the molecule is CCCC(O)(CC)N(CCO)CCO.O=[P+](O)O. The average molecular weight is 286 g/mol. The number of hydrogen-bond acceptors (Lipinski definition) is 5. The fraction of sp³-hybridized carbons (Fsp3) is 1.00. The summed E-state index contributed by atoms with van der Waals surface area (Å²) in [4.78, 5) is 16.0. The molecule has 0 rings (SSSR count). The van der Waals surface area contributed by atoms with E-state index in [4.69, 9.17) is 24.6 Å². The Morgan fingerprint density at radius 1 is 1.11 bits per heavy atom. The molecule has 0 fully saturated rings. The third-order valence-electron chi connectivity index (χ3n) is 2.55. The van der Waals surface area contributed by atoms with Gasteiger partial charge < -0.3 is 15.3 Å². The summed E-state index contributed by atoms with van der Waals surface area (Å²) in [7, 11) is -2.87. The van der Waals surface area contributed by atoms with Crippen molar-refractivity contribution in [3.63, 3.8) is 0 Å². The predicted octanol–water partition coefficient (Wildman–Crippen LogP) is -0.200. The molecule has 0 aliphatic rings. The number of aliphatic hydroxyl groups is 3. The van der Waals surface area contributed by atoms with Crippen LogP contribution in [0.1, 0.15) is 33.1 Å². The highest BCUT2D eigenvalue weighted by atomic mass is 31.1. The molecule has 0 aliphatic carbocycles. The third kappa shape index (κ3) is 9.85. The molecule has 5 N–H and O–H groups in total. The monoisotopic (exact) mass is 286 g/mol. The van der Waals surface area contributed by atoms with Crippen LogP contribution in [0, 0.1) is 0 Å². The van der Waals surface area contributed by atoms with Crippen LogP contribution in [-0.2, 0) is 4.57 Å². The van der Waals surface area contributed by atoms with E-state index in [-0.39, 0.29) is 13.2 Å². The molecular formula is C10H25NO6P+. The Kier molecular flexibility index (Phi) is 13.4. The standard InChI is InChI=1S/C10H23NO3.HO3P/c1-3-5-10(14,4-2)11(6-8-12)7-9-13;1-4(2)3/h12-14H,3-9H2,1-2H3;(H-,1,2,3)/p+1. The molecule has 0 amide bonds. The summed E-state index contributed by atoms with van der Waals surface area (Å²) in [5, 5.41) is 28.0. The van der Waals surface area contributed by atoms with E-state index in [1.54, 1.807) is 4.90 Å². The van der Waals surface area contributed by atoms with E-state index in [1.165, 1.54) is 0 Å². The van der Waals surface area contributed by atoms with Crippen molar-refractivity contribution in [1.82, 2.24) is 4.90 Å². The van der Waals surface area contributed by atoms with Gasteiger partial charge in [0.25, 0.3) is 0 Å². The van der Waals surface area contributed by atoms with Crippen molar-refractivity contribution in [3.8, 4) is 0 Å². The Bertz CT molecular complexity index is 209. The molecule has 0 aromatic heterocycles. The number of hydrogen-bond donors (Lipinski definition) is 5. The summed E-state index contributed by atoms with van der Waals surface area (Å²) in [5.41, 5.74) is -0.875. The van der Waals surface area contributed by atoms with Gasteiger partial charge in [-0.3, -0.25) is 4.90 Å². The zero-order valence-electron chi connectivity index (χ0n) is 11.0. The van der Waals surface area contributed by atoms with Gasteiger partial charge in [0.05, 0.1) is 13.2 Å². The van der Waals surface area contributed by atoms with Crippen LogP contribution in [0.15, 0.2) is 0 Å². The second-order valence-corrected chi connectivity index (χ2v) is 4.28. The van der Waals surface area contributed by atoms with Crippen LogP contribution in [0.2, 0.25) is 0 Å². The van der Waals surface area contributed by atoms with Crippen LogP contribution in [0.25, 0.3) is 0 Å².